The van der Waals surface area contributed by atoms with Crippen LogP contribution in [0.4, 0.5) is 0 Å². The summed E-state index contributed by atoms with van der Waals surface area (Å²) in [6, 6.07) is 8.84. The largest absolute Gasteiger partial charge is 0.484 e. The minimum atomic E-state index is -0.0587. The standard InChI is InChI=1S/C21H35N5O2/c1-16(2)26-11-9-18(10-12-26)24-21(22-3)23-14-17-7-6-8-19(13-17)28-15-20(27)25(4)5/h6-8,13,16,18H,9-12,14-15H2,1-5H3,(H2,22,23,24). The maximum Gasteiger partial charge on any atom is 0.259 e. The smallest absolute Gasteiger partial charge is 0.259 e. The minimum Gasteiger partial charge on any atom is -0.484 e. The van der Waals surface area contributed by atoms with E-state index in [2.05, 4.69) is 34.4 Å². The number of guanidine groups is 1. The summed E-state index contributed by atoms with van der Waals surface area (Å²) in [4.78, 5) is 20.1. The number of hydrogen-bond donors (Lipinski definition) is 2. The summed E-state index contributed by atoms with van der Waals surface area (Å²) in [5.41, 5.74) is 1.08. The van der Waals surface area contributed by atoms with Crippen molar-refractivity contribution in [2.24, 2.45) is 4.99 Å². The van der Waals surface area contributed by atoms with Crippen molar-refractivity contribution in [1.82, 2.24) is 20.4 Å². The van der Waals surface area contributed by atoms with Gasteiger partial charge < -0.3 is 25.2 Å². The topological polar surface area (TPSA) is 69.2 Å². The molecule has 1 amide bonds. The highest BCUT2D eigenvalue weighted by Gasteiger charge is 2.21. The van der Waals surface area contributed by atoms with Gasteiger partial charge in [-0.15, -0.1) is 0 Å². The Hall–Kier alpha value is -2.28. The van der Waals surface area contributed by atoms with E-state index in [1.807, 2.05) is 24.3 Å². The van der Waals surface area contributed by atoms with Gasteiger partial charge in [0, 0.05) is 52.9 Å². The quantitative estimate of drug-likeness (QED) is 0.549. The molecule has 0 aliphatic carbocycles. The number of hydrogen-bond acceptors (Lipinski definition) is 4. The van der Waals surface area contributed by atoms with Crippen molar-refractivity contribution in [3.05, 3.63) is 29.8 Å². The number of likely N-dealkylation sites (N-methyl/N-ethyl adjacent to an activating group) is 1. The molecule has 0 atom stereocenters. The van der Waals surface area contributed by atoms with Crippen molar-refractivity contribution >= 4 is 11.9 Å². The summed E-state index contributed by atoms with van der Waals surface area (Å²) in [5.74, 6) is 1.45. The van der Waals surface area contributed by atoms with E-state index in [0.717, 1.165) is 37.5 Å². The molecule has 2 rings (SSSR count). The Balaban J connectivity index is 1.80. The Kier molecular flexibility index (Phi) is 8.57. The third-order valence-electron chi connectivity index (χ3n) is 5.04. The maximum atomic E-state index is 11.7. The molecule has 0 radical (unpaired) electrons. The summed E-state index contributed by atoms with van der Waals surface area (Å²) in [6.45, 7) is 7.44. The van der Waals surface area contributed by atoms with Gasteiger partial charge in [-0.05, 0) is 44.4 Å². The van der Waals surface area contributed by atoms with Crippen LogP contribution in [0.15, 0.2) is 29.3 Å². The van der Waals surface area contributed by atoms with Crippen LogP contribution >= 0.6 is 0 Å². The Morgan fingerprint density at radius 1 is 1.32 bits per heavy atom. The molecular weight excluding hydrogens is 354 g/mol. The zero-order chi connectivity index (χ0) is 20.5. The zero-order valence-corrected chi connectivity index (χ0v) is 17.9. The first-order valence-electron chi connectivity index (χ1n) is 10.0. The molecule has 1 aromatic carbocycles. The number of likely N-dealkylation sites (tertiary alicyclic amines) is 1. The number of ether oxygens (including phenoxy) is 1. The lowest BCUT2D eigenvalue weighted by molar-refractivity contribution is -0.130. The number of rotatable bonds is 7. The highest BCUT2D eigenvalue weighted by Crippen LogP contribution is 2.14. The predicted molar refractivity (Wildman–Crippen MR) is 114 cm³/mol. The first-order valence-corrected chi connectivity index (χ1v) is 10.0. The maximum absolute atomic E-state index is 11.7. The van der Waals surface area contributed by atoms with Gasteiger partial charge in [-0.1, -0.05) is 12.1 Å². The summed E-state index contributed by atoms with van der Waals surface area (Å²) < 4.78 is 5.58. The molecule has 1 saturated heterocycles. The Bertz CT molecular complexity index is 652. The van der Waals surface area contributed by atoms with E-state index in [1.54, 1.807) is 21.1 Å². The Morgan fingerprint density at radius 2 is 2.04 bits per heavy atom. The van der Waals surface area contributed by atoms with Gasteiger partial charge in [-0.25, -0.2) is 0 Å². The average Bonchev–Trinajstić information content (AvgIpc) is 2.69. The molecule has 1 aromatic rings. The van der Waals surface area contributed by atoms with Gasteiger partial charge in [0.25, 0.3) is 5.91 Å². The lowest BCUT2D eigenvalue weighted by atomic mass is 10.0. The number of piperidine rings is 1. The van der Waals surface area contributed by atoms with Gasteiger partial charge in [0.15, 0.2) is 12.6 Å². The van der Waals surface area contributed by atoms with Crippen LogP contribution in [0.3, 0.4) is 0 Å². The Morgan fingerprint density at radius 3 is 2.64 bits per heavy atom. The number of nitrogens with zero attached hydrogens (tertiary/aromatic N) is 3. The van der Waals surface area contributed by atoms with E-state index in [1.165, 1.54) is 4.90 Å². The second-order valence-electron chi connectivity index (χ2n) is 7.70. The summed E-state index contributed by atoms with van der Waals surface area (Å²) in [6.07, 6.45) is 2.25. The molecule has 7 nitrogen and oxygen atoms in total. The van der Waals surface area contributed by atoms with Crippen molar-refractivity contribution in [2.45, 2.75) is 45.3 Å². The van der Waals surface area contributed by atoms with Crippen LogP contribution < -0.4 is 15.4 Å². The fraction of sp³-hybridized carbons (Fsp3) is 0.619. The van der Waals surface area contributed by atoms with E-state index in [-0.39, 0.29) is 12.5 Å². The summed E-state index contributed by atoms with van der Waals surface area (Å²) >= 11 is 0. The van der Waals surface area contributed by atoms with Gasteiger partial charge in [0.2, 0.25) is 0 Å². The normalized spacial score (nSPS) is 16.1. The molecule has 0 bridgehead atoms. The van der Waals surface area contributed by atoms with Crippen molar-refractivity contribution in [1.29, 1.82) is 0 Å². The van der Waals surface area contributed by atoms with Crippen LogP contribution in [0.5, 0.6) is 5.75 Å². The number of aliphatic imine (C=N–C) groups is 1. The van der Waals surface area contributed by atoms with Crippen LogP contribution in [0.25, 0.3) is 0 Å². The van der Waals surface area contributed by atoms with Crippen LogP contribution in [-0.2, 0) is 11.3 Å². The second-order valence-corrected chi connectivity index (χ2v) is 7.70. The third kappa shape index (κ3) is 7.03. The molecule has 156 valence electrons. The van der Waals surface area contributed by atoms with E-state index in [4.69, 9.17) is 4.74 Å². The molecule has 0 spiro atoms. The molecule has 28 heavy (non-hydrogen) atoms. The molecule has 1 fully saturated rings. The monoisotopic (exact) mass is 389 g/mol. The van der Waals surface area contributed by atoms with E-state index < -0.39 is 0 Å². The highest BCUT2D eigenvalue weighted by atomic mass is 16.5. The van der Waals surface area contributed by atoms with Gasteiger partial charge in [-0.2, -0.15) is 0 Å². The first kappa shape index (κ1) is 22.0. The van der Waals surface area contributed by atoms with E-state index in [9.17, 15) is 4.79 Å². The average molecular weight is 390 g/mol. The van der Waals surface area contributed by atoms with Crippen LogP contribution in [0.1, 0.15) is 32.3 Å². The van der Waals surface area contributed by atoms with Gasteiger partial charge in [0.1, 0.15) is 5.75 Å². The highest BCUT2D eigenvalue weighted by molar-refractivity contribution is 5.80. The predicted octanol–water partition coefficient (Wildman–Crippen LogP) is 1.69. The molecule has 7 heteroatoms. The molecule has 1 heterocycles. The van der Waals surface area contributed by atoms with Crippen LogP contribution in [-0.4, -0.2) is 74.6 Å². The number of carbonyl (C=O) groups is 1. The van der Waals surface area contributed by atoms with Gasteiger partial charge in [-0.3, -0.25) is 9.79 Å². The van der Waals surface area contributed by atoms with Crippen molar-refractivity contribution < 1.29 is 9.53 Å². The Labute approximate surface area is 169 Å². The first-order chi connectivity index (χ1) is 13.4. The SMILES string of the molecule is CN=C(NCc1cccc(OCC(=O)N(C)C)c1)NC1CCN(C(C)C)CC1. The second kappa shape index (κ2) is 10.9. The zero-order valence-electron chi connectivity index (χ0n) is 17.9. The van der Waals surface area contributed by atoms with Crippen molar-refractivity contribution in [2.75, 3.05) is 40.8 Å². The molecule has 1 aliphatic rings. The molecular formula is C21H35N5O2. The number of carbonyl (C=O) groups excluding carboxylic acids is 1. The molecule has 0 saturated carbocycles. The molecule has 1 aliphatic heterocycles. The van der Waals surface area contributed by atoms with Gasteiger partial charge >= 0.3 is 0 Å². The molecule has 0 aromatic heterocycles. The lowest BCUT2D eigenvalue weighted by Crippen LogP contribution is -2.49. The third-order valence-corrected chi connectivity index (χ3v) is 5.04. The van der Waals surface area contributed by atoms with Crippen molar-refractivity contribution in [3.8, 4) is 5.75 Å². The lowest BCUT2D eigenvalue weighted by Gasteiger charge is -2.35. The van der Waals surface area contributed by atoms with Crippen LogP contribution in [0.2, 0.25) is 0 Å². The molecule has 0 unspecified atom stereocenters. The number of nitrogens with one attached hydrogen (secondary N) is 2. The number of benzene rings is 1. The van der Waals surface area contributed by atoms with Crippen LogP contribution in [0, 0.1) is 0 Å². The fourth-order valence-electron chi connectivity index (χ4n) is 3.15. The summed E-state index contributed by atoms with van der Waals surface area (Å²) in [7, 11) is 5.24. The summed E-state index contributed by atoms with van der Waals surface area (Å²) in [5, 5.41) is 6.91. The van der Waals surface area contributed by atoms with E-state index >= 15 is 0 Å². The fourth-order valence-corrected chi connectivity index (χ4v) is 3.15. The van der Waals surface area contributed by atoms with E-state index in [0.29, 0.717) is 24.4 Å². The van der Waals surface area contributed by atoms with Gasteiger partial charge in [0.05, 0.1) is 0 Å². The minimum absolute atomic E-state index is 0.0438. The van der Waals surface area contributed by atoms with Crippen molar-refractivity contribution in [3.63, 3.8) is 0 Å². The number of amides is 1. The molecule has 2 N–H and O–H groups in total.